The van der Waals surface area contributed by atoms with Crippen molar-refractivity contribution >= 4 is 26.8 Å². The summed E-state index contributed by atoms with van der Waals surface area (Å²) in [6, 6.07) is 15.3. The summed E-state index contributed by atoms with van der Waals surface area (Å²) in [6.07, 6.45) is 2.32. The van der Waals surface area contributed by atoms with Gasteiger partial charge in [-0.05, 0) is 50.6 Å². The number of nitrogens with one attached hydrogen (secondary N) is 2. The minimum Gasteiger partial charge on any atom is -0.491 e. The van der Waals surface area contributed by atoms with E-state index in [1.54, 1.807) is 32.2 Å². The fourth-order valence-electron chi connectivity index (χ4n) is 2.93. The first-order valence-corrected chi connectivity index (χ1v) is 11.2. The van der Waals surface area contributed by atoms with Crippen LogP contribution in [0.25, 0.3) is 10.9 Å². The lowest BCUT2D eigenvalue weighted by molar-refractivity contribution is 0.0951. The van der Waals surface area contributed by atoms with E-state index in [4.69, 9.17) is 4.74 Å². The maximum atomic E-state index is 12.4. The summed E-state index contributed by atoms with van der Waals surface area (Å²) in [5, 5.41) is 3.80. The van der Waals surface area contributed by atoms with Gasteiger partial charge in [0.05, 0.1) is 11.5 Å². The quantitative estimate of drug-likeness (QED) is 0.512. The number of aromatic nitrogens is 1. The van der Waals surface area contributed by atoms with Crippen molar-refractivity contribution in [1.29, 1.82) is 0 Å². The largest absolute Gasteiger partial charge is 0.491 e. The summed E-state index contributed by atoms with van der Waals surface area (Å²) in [6.45, 7) is 4.30. The van der Waals surface area contributed by atoms with E-state index in [1.165, 1.54) is 12.1 Å². The van der Waals surface area contributed by atoms with E-state index < -0.39 is 10.0 Å². The number of para-hydroxylation sites is 1. The maximum absolute atomic E-state index is 12.4. The van der Waals surface area contributed by atoms with Crippen LogP contribution in [0.3, 0.4) is 0 Å². The van der Waals surface area contributed by atoms with Gasteiger partial charge in [0.2, 0.25) is 10.0 Å². The summed E-state index contributed by atoms with van der Waals surface area (Å²) in [4.78, 5) is 16.8. The predicted molar refractivity (Wildman–Crippen MR) is 116 cm³/mol. The Morgan fingerprint density at radius 3 is 2.67 bits per heavy atom. The molecule has 3 aromatic rings. The molecule has 158 valence electrons. The molecule has 3 rings (SSSR count). The molecular weight excluding hydrogens is 402 g/mol. The summed E-state index contributed by atoms with van der Waals surface area (Å²) in [7, 11) is -3.65. The molecule has 0 fully saturated rings. The van der Waals surface area contributed by atoms with Crippen LogP contribution in [0.5, 0.6) is 5.75 Å². The lowest BCUT2D eigenvalue weighted by atomic mass is 10.2. The van der Waals surface area contributed by atoms with Crippen LogP contribution < -0.4 is 14.8 Å². The van der Waals surface area contributed by atoms with Crippen LogP contribution in [0.15, 0.2) is 65.7 Å². The van der Waals surface area contributed by atoms with Gasteiger partial charge in [-0.15, -0.1) is 0 Å². The van der Waals surface area contributed by atoms with E-state index in [2.05, 4.69) is 15.0 Å². The predicted octanol–water partition coefficient (Wildman–Crippen LogP) is 3.12. The molecule has 0 bridgehead atoms. The SMILES string of the molecule is CC(C)NS(=O)(=O)c1cccc(C(=O)NCCCOc2cccc3cccnc23)c1. The molecule has 2 N–H and O–H groups in total. The standard InChI is InChI=1S/C22H25N3O4S/c1-16(2)25-30(27,28)19-10-3-8-18(15-19)22(26)24-13-6-14-29-20-11-4-7-17-9-5-12-23-21(17)20/h3-5,7-12,15-16,25H,6,13-14H2,1-2H3,(H,24,26). The highest BCUT2D eigenvalue weighted by molar-refractivity contribution is 7.89. The molecule has 8 heteroatoms. The van der Waals surface area contributed by atoms with Crippen LogP contribution in [0.1, 0.15) is 30.6 Å². The lowest BCUT2D eigenvalue weighted by Gasteiger charge is -2.11. The molecule has 0 aliphatic heterocycles. The summed E-state index contributed by atoms with van der Waals surface area (Å²) in [5.41, 5.74) is 1.10. The number of ether oxygens (including phenoxy) is 1. The van der Waals surface area contributed by atoms with Gasteiger partial charge in [-0.2, -0.15) is 0 Å². The Hall–Kier alpha value is -2.97. The third-order valence-electron chi connectivity index (χ3n) is 4.26. The van der Waals surface area contributed by atoms with Gasteiger partial charge < -0.3 is 10.1 Å². The van der Waals surface area contributed by atoms with Crippen molar-refractivity contribution in [2.45, 2.75) is 31.2 Å². The molecule has 2 aromatic carbocycles. The van der Waals surface area contributed by atoms with E-state index >= 15 is 0 Å². The third kappa shape index (κ3) is 5.55. The van der Waals surface area contributed by atoms with Gasteiger partial charge in [0.25, 0.3) is 5.91 Å². The summed E-state index contributed by atoms with van der Waals surface area (Å²) in [5.74, 6) is 0.374. The normalized spacial score (nSPS) is 11.6. The molecule has 1 amide bonds. The Morgan fingerprint density at radius 1 is 1.10 bits per heavy atom. The number of carbonyl (C=O) groups excluding carboxylic acids is 1. The zero-order chi connectivity index (χ0) is 21.6. The maximum Gasteiger partial charge on any atom is 0.251 e. The minimum atomic E-state index is -3.65. The molecular formula is C22H25N3O4S. The van der Waals surface area contributed by atoms with Crippen LogP contribution in [-0.2, 0) is 10.0 Å². The molecule has 0 unspecified atom stereocenters. The van der Waals surface area contributed by atoms with Crippen LogP contribution in [-0.4, -0.2) is 38.5 Å². The zero-order valence-corrected chi connectivity index (χ0v) is 17.8. The van der Waals surface area contributed by atoms with Crippen LogP contribution in [0.4, 0.5) is 0 Å². The topological polar surface area (TPSA) is 97.4 Å². The molecule has 7 nitrogen and oxygen atoms in total. The van der Waals surface area contributed by atoms with Gasteiger partial charge in [-0.1, -0.05) is 24.3 Å². The number of carbonyl (C=O) groups is 1. The monoisotopic (exact) mass is 427 g/mol. The van der Waals surface area contributed by atoms with Gasteiger partial charge in [-0.3, -0.25) is 9.78 Å². The van der Waals surface area contributed by atoms with Gasteiger partial charge in [-0.25, -0.2) is 13.1 Å². The van der Waals surface area contributed by atoms with Crippen molar-refractivity contribution in [2.24, 2.45) is 0 Å². The Balaban J connectivity index is 1.52. The first kappa shape index (κ1) is 21.7. The van der Waals surface area contributed by atoms with Crippen molar-refractivity contribution in [3.63, 3.8) is 0 Å². The fourth-order valence-corrected chi connectivity index (χ4v) is 4.23. The van der Waals surface area contributed by atoms with E-state index in [0.717, 1.165) is 10.9 Å². The number of pyridine rings is 1. The molecule has 0 atom stereocenters. The van der Waals surface area contributed by atoms with E-state index in [0.29, 0.717) is 30.9 Å². The molecule has 0 saturated carbocycles. The Labute approximate surface area is 176 Å². The van der Waals surface area contributed by atoms with E-state index in [1.807, 2.05) is 30.3 Å². The number of hydrogen-bond donors (Lipinski definition) is 2. The first-order chi connectivity index (χ1) is 14.4. The van der Waals surface area contributed by atoms with Gasteiger partial charge in [0.1, 0.15) is 11.3 Å². The first-order valence-electron chi connectivity index (χ1n) is 9.74. The number of hydrogen-bond acceptors (Lipinski definition) is 5. The zero-order valence-electron chi connectivity index (χ0n) is 17.0. The highest BCUT2D eigenvalue weighted by Gasteiger charge is 2.17. The number of rotatable bonds is 9. The van der Waals surface area contributed by atoms with Gasteiger partial charge in [0, 0.05) is 29.7 Å². The molecule has 0 radical (unpaired) electrons. The van der Waals surface area contributed by atoms with Crippen molar-refractivity contribution in [3.8, 4) is 5.75 Å². The average molecular weight is 428 g/mol. The Bertz CT molecular complexity index is 1120. The molecule has 1 heterocycles. The van der Waals surface area contributed by atoms with Crippen molar-refractivity contribution in [1.82, 2.24) is 15.0 Å². The van der Waals surface area contributed by atoms with E-state index in [-0.39, 0.29) is 16.8 Å². The number of nitrogens with zero attached hydrogens (tertiary/aromatic N) is 1. The lowest BCUT2D eigenvalue weighted by Crippen LogP contribution is -2.30. The fraction of sp³-hybridized carbons (Fsp3) is 0.273. The van der Waals surface area contributed by atoms with Gasteiger partial charge >= 0.3 is 0 Å². The Morgan fingerprint density at radius 2 is 1.87 bits per heavy atom. The van der Waals surface area contributed by atoms with Crippen LogP contribution in [0, 0.1) is 0 Å². The number of amides is 1. The molecule has 0 aliphatic rings. The van der Waals surface area contributed by atoms with Crippen LogP contribution in [0.2, 0.25) is 0 Å². The minimum absolute atomic E-state index is 0.0654. The second-order valence-corrected chi connectivity index (χ2v) is 8.81. The molecule has 0 spiro atoms. The van der Waals surface area contributed by atoms with Crippen LogP contribution >= 0.6 is 0 Å². The van der Waals surface area contributed by atoms with Crippen molar-refractivity contribution < 1.29 is 17.9 Å². The second kappa shape index (κ2) is 9.69. The van der Waals surface area contributed by atoms with E-state index in [9.17, 15) is 13.2 Å². The number of sulfonamides is 1. The third-order valence-corrected chi connectivity index (χ3v) is 5.91. The average Bonchev–Trinajstić information content (AvgIpc) is 2.72. The smallest absolute Gasteiger partial charge is 0.251 e. The number of fused-ring (bicyclic) bond motifs is 1. The molecule has 0 saturated heterocycles. The highest BCUT2D eigenvalue weighted by atomic mass is 32.2. The molecule has 0 aliphatic carbocycles. The van der Waals surface area contributed by atoms with Crippen molar-refractivity contribution in [2.75, 3.05) is 13.2 Å². The van der Waals surface area contributed by atoms with Crippen molar-refractivity contribution in [3.05, 3.63) is 66.4 Å². The number of benzene rings is 2. The summed E-state index contributed by atoms with van der Waals surface area (Å²) >= 11 is 0. The van der Waals surface area contributed by atoms with Gasteiger partial charge in [0.15, 0.2) is 0 Å². The summed E-state index contributed by atoms with van der Waals surface area (Å²) < 4.78 is 32.9. The second-order valence-electron chi connectivity index (χ2n) is 7.09. The highest BCUT2D eigenvalue weighted by Crippen LogP contribution is 2.22. The molecule has 1 aromatic heterocycles. The molecule has 30 heavy (non-hydrogen) atoms. The Kier molecular flexibility index (Phi) is 7.02.